The number of nitrogens with one attached hydrogen (secondary N) is 1. The minimum Gasteiger partial charge on any atom is -0.317 e. The molecule has 2 nitrogen and oxygen atoms in total. The molecule has 1 aliphatic rings. The lowest BCUT2D eigenvalue weighted by Crippen LogP contribution is -2.33. The Kier molecular flexibility index (Phi) is 5.49. The predicted octanol–water partition coefficient (Wildman–Crippen LogP) is 2.11. The molecule has 1 fully saturated rings. The van der Waals surface area contributed by atoms with Gasteiger partial charge in [0.2, 0.25) is 0 Å². The van der Waals surface area contributed by atoms with Crippen LogP contribution in [0.15, 0.2) is 0 Å². The summed E-state index contributed by atoms with van der Waals surface area (Å²) in [5, 5.41) is 3.40. The summed E-state index contributed by atoms with van der Waals surface area (Å²) < 4.78 is 0. The third kappa shape index (κ3) is 3.58. The van der Waals surface area contributed by atoms with Crippen LogP contribution in [-0.2, 0) is 0 Å². The minimum absolute atomic E-state index is 0.769. The maximum absolute atomic E-state index is 3.40. The first kappa shape index (κ1) is 12.0. The summed E-state index contributed by atoms with van der Waals surface area (Å²) in [5.41, 5.74) is 0. The Morgan fingerprint density at radius 3 is 2.79 bits per heavy atom. The Balaban J connectivity index is 2.15. The summed E-state index contributed by atoms with van der Waals surface area (Å²) in [7, 11) is 0. The normalized spacial score (nSPS) is 25.5. The molecule has 0 spiro atoms. The van der Waals surface area contributed by atoms with Crippen LogP contribution < -0.4 is 5.32 Å². The molecule has 1 rings (SSSR count). The monoisotopic (exact) mass is 198 g/mol. The summed E-state index contributed by atoms with van der Waals surface area (Å²) in [6, 6.07) is 0.769. The number of rotatable bonds is 6. The van der Waals surface area contributed by atoms with Gasteiger partial charge in [0.15, 0.2) is 0 Å². The van der Waals surface area contributed by atoms with Crippen molar-refractivity contribution >= 4 is 0 Å². The highest BCUT2D eigenvalue weighted by Gasteiger charge is 2.24. The molecule has 0 aliphatic carbocycles. The van der Waals surface area contributed by atoms with Gasteiger partial charge in [0.25, 0.3) is 0 Å². The molecule has 0 bridgehead atoms. The van der Waals surface area contributed by atoms with E-state index in [0.29, 0.717) is 0 Å². The van der Waals surface area contributed by atoms with Gasteiger partial charge < -0.3 is 10.2 Å². The van der Waals surface area contributed by atoms with Gasteiger partial charge in [-0.05, 0) is 45.3 Å². The lowest BCUT2D eigenvalue weighted by atomic mass is 10.1. The van der Waals surface area contributed by atoms with E-state index in [4.69, 9.17) is 0 Å². The summed E-state index contributed by atoms with van der Waals surface area (Å²) in [6.45, 7) is 11.8. The number of likely N-dealkylation sites (tertiary alicyclic amines) is 1. The Bertz CT molecular complexity index is 147. The van der Waals surface area contributed by atoms with Crippen LogP contribution in [0.1, 0.15) is 40.0 Å². The maximum Gasteiger partial charge on any atom is 0.00791 e. The molecule has 2 unspecified atom stereocenters. The van der Waals surface area contributed by atoms with Crippen molar-refractivity contribution in [2.24, 2.45) is 5.92 Å². The molecule has 0 saturated carbocycles. The summed E-state index contributed by atoms with van der Waals surface area (Å²) >= 11 is 0. The molecule has 14 heavy (non-hydrogen) atoms. The zero-order valence-corrected chi connectivity index (χ0v) is 10.1. The van der Waals surface area contributed by atoms with Crippen molar-refractivity contribution in [2.45, 2.75) is 46.1 Å². The second kappa shape index (κ2) is 6.41. The molecule has 0 amide bonds. The van der Waals surface area contributed by atoms with Crippen LogP contribution in [0.2, 0.25) is 0 Å². The summed E-state index contributed by atoms with van der Waals surface area (Å²) in [4.78, 5) is 2.66. The zero-order valence-electron chi connectivity index (χ0n) is 10.1. The van der Waals surface area contributed by atoms with Crippen molar-refractivity contribution < 1.29 is 0 Å². The van der Waals surface area contributed by atoms with Gasteiger partial charge in [-0.3, -0.25) is 0 Å². The van der Waals surface area contributed by atoms with Gasteiger partial charge in [0.1, 0.15) is 0 Å². The van der Waals surface area contributed by atoms with E-state index in [2.05, 4.69) is 31.0 Å². The Morgan fingerprint density at radius 2 is 2.21 bits per heavy atom. The van der Waals surface area contributed by atoms with Crippen molar-refractivity contribution in [3.05, 3.63) is 0 Å². The molecule has 1 aliphatic heterocycles. The molecule has 0 aromatic rings. The topological polar surface area (TPSA) is 15.3 Å². The van der Waals surface area contributed by atoms with Crippen molar-refractivity contribution in [1.29, 1.82) is 0 Å². The van der Waals surface area contributed by atoms with E-state index in [1.165, 1.54) is 38.9 Å². The van der Waals surface area contributed by atoms with Crippen LogP contribution in [0.5, 0.6) is 0 Å². The molecule has 2 atom stereocenters. The van der Waals surface area contributed by atoms with E-state index in [0.717, 1.165) is 18.5 Å². The van der Waals surface area contributed by atoms with Crippen molar-refractivity contribution in [3.8, 4) is 0 Å². The van der Waals surface area contributed by atoms with Gasteiger partial charge in [-0.25, -0.2) is 0 Å². The fourth-order valence-corrected chi connectivity index (χ4v) is 2.27. The molecular formula is C12H26N2. The van der Waals surface area contributed by atoms with E-state index in [1.54, 1.807) is 0 Å². The van der Waals surface area contributed by atoms with E-state index in [-0.39, 0.29) is 0 Å². The highest BCUT2D eigenvalue weighted by Crippen LogP contribution is 2.21. The fourth-order valence-electron chi connectivity index (χ4n) is 2.27. The van der Waals surface area contributed by atoms with Crippen LogP contribution in [0, 0.1) is 5.92 Å². The van der Waals surface area contributed by atoms with Crippen molar-refractivity contribution in [1.82, 2.24) is 10.2 Å². The van der Waals surface area contributed by atoms with E-state index >= 15 is 0 Å². The molecule has 1 heterocycles. The first-order chi connectivity index (χ1) is 6.77. The first-order valence-corrected chi connectivity index (χ1v) is 6.22. The number of hydrogen-bond acceptors (Lipinski definition) is 2. The Labute approximate surface area is 89.1 Å². The van der Waals surface area contributed by atoms with Gasteiger partial charge >= 0.3 is 0 Å². The van der Waals surface area contributed by atoms with Gasteiger partial charge in [-0.15, -0.1) is 0 Å². The molecule has 1 N–H and O–H groups in total. The largest absolute Gasteiger partial charge is 0.317 e. The fraction of sp³-hybridized carbons (Fsp3) is 1.00. The van der Waals surface area contributed by atoms with Crippen molar-refractivity contribution in [3.63, 3.8) is 0 Å². The SMILES string of the molecule is CCNCCC(C)N1CCC(CC)C1. The number of nitrogens with zero attached hydrogens (tertiary/aromatic N) is 1. The molecular weight excluding hydrogens is 172 g/mol. The lowest BCUT2D eigenvalue weighted by Gasteiger charge is -2.24. The minimum atomic E-state index is 0.769. The highest BCUT2D eigenvalue weighted by atomic mass is 15.2. The smallest absolute Gasteiger partial charge is 0.00791 e. The van der Waals surface area contributed by atoms with Crippen LogP contribution >= 0.6 is 0 Å². The second-order valence-corrected chi connectivity index (χ2v) is 4.55. The summed E-state index contributed by atoms with van der Waals surface area (Å²) in [6.07, 6.45) is 4.07. The van der Waals surface area contributed by atoms with Crippen LogP contribution in [0.25, 0.3) is 0 Å². The Morgan fingerprint density at radius 1 is 1.43 bits per heavy atom. The second-order valence-electron chi connectivity index (χ2n) is 4.55. The van der Waals surface area contributed by atoms with Crippen LogP contribution in [-0.4, -0.2) is 37.1 Å². The molecule has 0 radical (unpaired) electrons. The van der Waals surface area contributed by atoms with E-state index in [9.17, 15) is 0 Å². The standard InChI is InChI=1S/C12H26N2/c1-4-12-7-9-14(10-12)11(3)6-8-13-5-2/h11-13H,4-10H2,1-3H3. The van der Waals surface area contributed by atoms with Gasteiger partial charge in [-0.1, -0.05) is 20.3 Å². The predicted molar refractivity (Wildman–Crippen MR) is 62.6 cm³/mol. The maximum atomic E-state index is 3.40. The first-order valence-electron chi connectivity index (χ1n) is 6.22. The third-order valence-corrected chi connectivity index (χ3v) is 3.51. The lowest BCUT2D eigenvalue weighted by molar-refractivity contribution is 0.236. The highest BCUT2D eigenvalue weighted by molar-refractivity contribution is 4.78. The molecule has 84 valence electrons. The quantitative estimate of drug-likeness (QED) is 0.658. The third-order valence-electron chi connectivity index (χ3n) is 3.51. The molecule has 0 aromatic heterocycles. The molecule has 0 aromatic carbocycles. The molecule has 2 heteroatoms. The summed E-state index contributed by atoms with van der Waals surface area (Å²) in [5.74, 6) is 0.969. The van der Waals surface area contributed by atoms with Gasteiger partial charge in [0, 0.05) is 12.6 Å². The number of hydrogen-bond donors (Lipinski definition) is 1. The van der Waals surface area contributed by atoms with E-state index < -0.39 is 0 Å². The van der Waals surface area contributed by atoms with Gasteiger partial charge in [0.05, 0.1) is 0 Å². The Hall–Kier alpha value is -0.0800. The van der Waals surface area contributed by atoms with E-state index in [1.807, 2.05) is 0 Å². The van der Waals surface area contributed by atoms with Crippen LogP contribution in [0.3, 0.4) is 0 Å². The molecule has 1 saturated heterocycles. The average Bonchev–Trinajstić information content (AvgIpc) is 2.66. The van der Waals surface area contributed by atoms with Crippen molar-refractivity contribution in [2.75, 3.05) is 26.2 Å². The average molecular weight is 198 g/mol. The van der Waals surface area contributed by atoms with Crippen LogP contribution in [0.4, 0.5) is 0 Å². The van der Waals surface area contributed by atoms with Gasteiger partial charge in [-0.2, -0.15) is 0 Å². The zero-order chi connectivity index (χ0) is 10.4.